The Morgan fingerprint density at radius 3 is 1.95 bits per heavy atom. The minimum atomic E-state index is -0.0289. The lowest BCUT2D eigenvalue weighted by Gasteiger charge is -2.54. The monoisotopic (exact) mass is 310 g/mol. The zero-order chi connectivity index (χ0) is 16.5. The third-order valence-corrected chi connectivity index (χ3v) is 6.52. The molecule has 2 heteroatoms. The van der Waals surface area contributed by atoms with Crippen LogP contribution < -0.4 is 0 Å². The van der Waals surface area contributed by atoms with Gasteiger partial charge in [0.15, 0.2) is 0 Å². The minimum absolute atomic E-state index is 0.0289. The van der Waals surface area contributed by atoms with Crippen LogP contribution in [0.2, 0.25) is 0 Å². The van der Waals surface area contributed by atoms with Gasteiger partial charge in [0.05, 0.1) is 17.3 Å². The van der Waals surface area contributed by atoms with E-state index in [0.717, 1.165) is 18.3 Å². The summed E-state index contributed by atoms with van der Waals surface area (Å²) >= 11 is 0. The number of hydrogen-bond donors (Lipinski definition) is 1. The summed E-state index contributed by atoms with van der Waals surface area (Å²) in [5.74, 6) is 2.77. The first-order chi connectivity index (χ1) is 10.1. The first kappa shape index (κ1) is 18.3. The summed E-state index contributed by atoms with van der Waals surface area (Å²) in [6, 6.07) is 0. The number of fused-ring (bicyclic) bond motifs is 3. The first-order valence-electron chi connectivity index (χ1n) is 9.51. The summed E-state index contributed by atoms with van der Waals surface area (Å²) in [6.07, 6.45) is 8.83. The van der Waals surface area contributed by atoms with Crippen LogP contribution in [0.3, 0.4) is 0 Å². The highest BCUT2D eigenvalue weighted by Gasteiger charge is 2.48. The molecular formula is C20H38O2. The van der Waals surface area contributed by atoms with Gasteiger partial charge in [-0.3, -0.25) is 0 Å². The van der Waals surface area contributed by atoms with Gasteiger partial charge < -0.3 is 9.84 Å². The molecule has 0 spiro atoms. The quantitative estimate of drug-likeness (QED) is 0.722. The summed E-state index contributed by atoms with van der Waals surface area (Å²) in [5, 5.41) is 9.71. The van der Waals surface area contributed by atoms with Crippen molar-refractivity contribution in [2.24, 2.45) is 23.7 Å². The second kappa shape index (κ2) is 6.81. The maximum Gasteiger partial charge on any atom is 0.0662 e. The van der Waals surface area contributed by atoms with E-state index < -0.39 is 0 Å². The van der Waals surface area contributed by atoms with Gasteiger partial charge in [0, 0.05) is 0 Å². The lowest BCUT2D eigenvalue weighted by molar-refractivity contribution is -0.229. The largest absolute Gasteiger partial charge is 0.393 e. The molecule has 3 atom stereocenters. The fraction of sp³-hybridized carbons (Fsp3) is 1.00. The average Bonchev–Trinajstić information content (AvgIpc) is 2.37. The smallest absolute Gasteiger partial charge is 0.0662 e. The molecule has 2 heterocycles. The zero-order valence-corrected chi connectivity index (χ0v) is 15.7. The third-order valence-electron chi connectivity index (χ3n) is 6.52. The Bertz CT molecular complexity index is 350. The van der Waals surface area contributed by atoms with Crippen molar-refractivity contribution in [1.82, 2.24) is 0 Å². The maximum absolute atomic E-state index is 9.71. The fourth-order valence-electron chi connectivity index (χ4n) is 4.90. The van der Waals surface area contributed by atoms with Crippen molar-refractivity contribution in [2.75, 3.05) is 0 Å². The van der Waals surface area contributed by atoms with Crippen LogP contribution in [0.25, 0.3) is 0 Å². The Morgan fingerprint density at radius 1 is 1.00 bits per heavy atom. The van der Waals surface area contributed by atoms with Crippen LogP contribution in [0, 0.1) is 23.7 Å². The van der Waals surface area contributed by atoms with Crippen molar-refractivity contribution >= 4 is 0 Å². The second-order valence-electron chi connectivity index (χ2n) is 9.32. The molecule has 2 bridgehead atoms. The highest BCUT2D eigenvalue weighted by Crippen LogP contribution is 2.49. The Balaban J connectivity index is 0.000000160. The van der Waals surface area contributed by atoms with Crippen LogP contribution in [-0.4, -0.2) is 22.4 Å². The van der Waals surface area contributed by atoms with Gasteiger partial charge in [-0.05, 0) is 83.0 Å². The van der Waals surface area contributed by atoms with Gasteiger partial charge in [0.25, 0.3) is 0 Å². The lowest BCUT2D eigenvalue weighted by atomic mass is 9.69. The molecule has 1 N–H and O–H groups in total. The molecule has 4 fully saturated rings. The molecule has 0 aromatic rings. The van der Waals surface area contributed by atoms with E-state index in [1.165, 1.54) is 38.5 Å². The Kier molecular flexibility index (Phi) is 5.65. The van der Waals surface area contributed by atoms with E-state index in [1.807, 2.05) is 0 Å². The van der Waals surface area contributed by atoms with Crippen molar-refractivity contribution in [2.45, 2.75) is 104 Å². The molecule has 22 heavy (non-hydrogen) atoms. The van der Waals surface area contributed by atoms with Gasteiger partial charge >= 0.3 is 0 Å². The molecule has 0 unspecified atom stereocenters. The molecule has 2 saturated heterocycles. The molecule has 0 radical (unpaired) electrons. The predicted octanol–water partition coefficient (Wildman–Crippen LogP) is 5.18. The zero-order valence-electron chi connectivity index (χ0n) is 15.7. The van der Waals surface area contributed by atoms with Gasteiger partial charge in [-0.25, -0.2) is 0 Å². The summed E-state index contributed by atoms with van der Waals surface area (Å²) in [5.41, 5.74) is 0.378. The number of aliphatic hydroxyl groups is 1. The highest BCUT2D eigenvalue weighted by atomic mass is 16.5. The van der Waals surface area contributed by atoms with Gasteiger partial charge in [-0.15, -0.1) is 0 Å². The number of hydrogen-bond acceptors (Lipinski definition) is 2. The number of rotatable bonds is 1. The third kappa shape index (κ3) is 4.26. The van der Waals surface area contributed by atoms with Crippen LogP contribution in [-0.2, 0) is 4.74 Å². The van der Waals surface area contributed by atoms with Crippen LogP contribution >= 0.6 is 0 Å². The normalized spacial score (nSPS) is 43.6. The molecule has 130 valence electrons. The van der Waals surface area contributed by atoms with E-state index in [-0.39, 0.29) is 17.3 Å². The van der Waals surface area contributed by atoms with Crippen molar-refractivity contribution in [1.29, 1.82) is 0 Å². The van der Waals surface area contributed by atoms with Gasteiger partial charge in [-0.1, -0.05) is 27.2 Å². The van der Waals surface area contributed by atoms with Crippen LogP contribution in [0.15, 0.2) is 0 Å². The molecule has 0 aromatic carbocycles. The van der Waals surface area contributed by atoms with Crippen molar-refractivity contribution in [3.05, 3.63) is 0 Å². The van der Waals surface area contributed by atoms with E-state index in [4.69, 9.17) is 4.74 Å². The summed E-state index contributed by atoms with van der Waals surface area (Å²) in [4.78, 5) is 0. The molecule has 2 aliphatic heterocycles. The lowest BCUT2D eigenvalue weighted by Crippen LogP contribution is -2.53. The molecule has 2 saturated carbocycles. The topological polar surface area (TPSA) is 29.5 Å². The Morgan fingerprint density at radius 2 is 1.59 bits per heavy atom. The fourth-order valence-corrected chi connectivity index (χ4v) is 4.90. The van der Waals surface area contributed by atoms with Gasteiger partial charge in [0.1, 0.15) is 0 Å². The Labute approximate surface area is 138 Å². The highest BCUT2D eigenvalue weighted by molar-refractivity contribution is 4.97. The maximum atomic E-state index is 9.71. The molecule has 2 nitrogen and oxygen atoms in total. The SMILES string of the molecule is CC(C)[C@@H]1CC[C@@H](C)C[C@H]1O.CC12CCC(CC1)C(C)(C)O2. The summed E-state index contributed by atoms with van der Waals surface area (Å²) in [7, 11) is 0. The molecule has 4 aliphatic rings. The standard InChI is InChI=1S/C10H18O.C10H20O/c1-9(2)8-4-6-10(3,11-9)7-5-8;1-7(2)9-5-4-8(3)6-10(9)11/h8H,4-7H2,1-3H3;7-11H,4-6H2,1-3H3/t;8-,9+,10-/m.1/s1. The number of aliphatic hydroxyl groups excluding tert-OH is 1. The van der Waals surface area contributed by atoms with E-state index in [9.17, 15) is 5.11 Å². The van der Waals surface area contributed by atoms with Crippen LogP contribution in [0.5, 0.6) is 0 Å². The van der Waals surface area contributed by atoms with Crippen LogP contribution in [0.1, 0.15) is 86.5 Å². The number of ether oxygens (including phenoxy) is 1. The van der Waals surface area contributed by atoms with Crippen molar-refractivity contribution < 1.29 is 9.84 Å². The summed E-state index contributed by atoms with van der Waals surface area (Å²) in [6.45, 7) is 13.4. The van der Waals surface area contributed by atoms with E-state index in [2.05, 4.69) is 41.5 Å². The van der Waals surface area contributed by atoms with Gasteiger partial charge in [0.2, 0.25) is 0 Å². The van der Waals surface area contributed by atoms with Gasteiger partial charge in [-0.2, -0.15) is 0 Å². The van der Waals surface area contributed by atoms with Crippen molar-refractivity contribution in [3.8, 4) is 0 Å². The first-order valence-corrected chi connectivity index (χ1v) is 9.51. The molecule has 0 aromatic heterocycles. The predicted molar refractivity (Wildman–Crippen MR) is 92.9 cm³/mol. The summed E-state index contributed by atoms with van der Waals surface area (Å²) < 4.78 is 6.06. The molecular weight excluding hydrogens is 272 g/mol. The average molecular weight is 311 g/mol. The molecule has 2 aliphatic carbocycles. The van der Waals surface area contributed by atoms with Crippen molar-refractivity contribution in [3.63, 3.8) is 0 Å². The van der Waals surface area contributed by atoms with E-state index in [1.54, 1.807) is 0 Å². The van der Waals surface area contributed by atoms with Crippen LogP contribution in [0.4, 0.5) is 0 Å². The second-order valence-corrected chi connectivity index (χ2v) is 9.32. The Hall–Kier alpha value is -0.0800. The van der Waals surface area contributed by atoms with E-state index in [0.29, 0.717) is 11.8 Å². The van der Waals surface area contributed by atoms with E-state index >= 15 is 0 Å². The molecule has 4 rings (SSSR count). The molecule has 0 amide bonds. The minimum Gasteiger partial charge on any atom is -0.393 e.